The predicted octanol–water partition coefficient (Wildman–Crippen LogP) is 2.30. The molecule has 0 spiro atoms. The van der Waals surface area contributed by atoms with E-state index in [1.54, 1.807) is 0 Å². The third-order valence-corrected chi connectivity index (χ3v) is 3.66. The molecular formula is C16H18N3. The van der Waals surface area contributed by atoms with Crippen molar-refractivity contribution in [1.29, 1.82) is 0 Å². The molecule has 0 saturated carbocycles. The molecular weight excluding hydrogens is 234 g/mol. The van der Waals surface area contributed by atoms with Crippen LogP contribution in [0.5, 0.6) is 0 Å². The van der Waals surface area contributed by atoms with Crippen molar-refractivity contribution in [1.82, 2.24) is 9.88 Å². The number of nitrogens with zero attached hydrogens (tertiary/aromatic N) is 3. The first kappa shape index (κ1) is 12.2. The molecule has 1 aliphatic rings. The highest BCUT2D eigenvalue weighted by Gasteiger charge is 2.17. The number of rotatable bonds is 2. The fourth-order valence-corrected chi connectivity index (χ4v) is 2.50. The van der Waals surface area contributed by atoms with Crippen LogP contribution in [0.15, 0.2) is 42.7 Å². The second-order valence-electron chi connectivity index (χ2n) is 4.98. The molecule has 2 aromatic rings. The summed E-state index contributed by atoms with van der Waals surface area (Å²) in [6, 6.07) is 13.5. The summed E-state index contributed by atoms with van der Waals surface area (Å²) in [6.07, 6.45) is 3.73. The lowest BCUT2D eigenvalue weighted by Crippen LogP contribution is -2.44. The largest absolute Gasteiger partial charge is 0.368 e. The van der Waals surface area contributed by atoms with E-state index < -0.39 is 0 Å². The van der Waals surface area contributed by atoms with Gasteiger partial charge in [0.1, 0.15) is 0 Å². The van der Waals surface area contributed by atoms with Crippen LogP contribution in [0.1, 0.15) is 0 Å². The van der Waals surface area contributed by atoms with Gasteiger partial charge < -0.3 is 9.80 Å². The number of hydrogen-bond donors (Lipinski definition) is 0. The Morgan fingerprint density at radius 2 is 2.00 bits per heavy atom. The van der Waals surface area contributed by atoms with E-state index in [1.165, 1.54) is 11.3 Å². The molecule has 0 aliphatic carbocycles. The van der Waals surface area contributed by atoms with Gasteiger partial charge in [-0.25, -0.2) is 0 Å². The van der Waals surface area contributed by atoms with Gasteiger partial charge in [0.15, 0.2) is 0 Å². The molecule has 0 atom stereocenters. The van der Waals surface area contributed by atoms with Crippen LogP contribution in [0.3, 0.4) is 0 Å². The zero-order valence-corrected chi connectivity index (χ0v) is 11.2. The highest BCUT2D eigenvalue weighted by molar-refractivity contribution is 5.78. The lowest BCUT2D eigenvalue weighted by atomic mass is 10.0. The van der Waals surface area contributed by atoms with Crippen LogP contribution >= 0.6 is 0 Å². The van der Waals surface area contributed by atoms with Crippen LogP contribution in [-0.2, 0) is 0 Å². The Balaban J connectivity index is 1.94. The van der Waals surface area contributed by atoms with E-state index >= 15 is 0 Å². The lowest BCUT2D eigenvalue weighted by molar-refractivity contribution is 0.313. The highest BCUT2D eigenvalue weighted by atomic mass is 15.2. The summed E-state index contributed by atoms with van der Waals surface area (Å²) < 4.78 is 0. The molecule has 1 fully saturated rings. The topological polar surface area (TPSA) is 19.4 Å². The van der Waals surface area contributed by atoms with Crippen LogP contribution < -0.4 is 4.90 Å². The maximum Gasteiger partial charge on any atom is 0.0447 e. The average Bonchev–Trinajstić information content (AvgIpc) is 2.49. The summed E-state index contributed by atoms with van der Waals surface area (Å²) in [6.45, 7) is 4.39. The zero-order chi connectivity index (χ0) is 13.1. The Hall–Kier alpha value is -1.87. The Morgan fingerprint density at radius 3 is 2.74 bits per heavy atom. The molecule has 3 heteroatoms. The molecule has 2 heterocycles. The van der Waals surface area contributed by atoms with Crippen molar-refractivity contribution in [3.8, 4) is 11.1 Å². The van der Waals surface area contributed by atoms with Gasteiger partial charge >= 0.3 is 0 Å². The van der Waals surface area contributed by atoms with Gasteiger partial charge in [0.2, 0.25) is 0 Å². The number of piperazine rings is 1. The molecule has 1 aliphatic heterocycles. The van der Waals surface area contributed by atoms with Crippen LogP contribution in [0.25, 0.3) is 11.1 Å². The summed E-state index contributed by atoms with van der Waals surface area (Å²) in [5, 5.41) is 0. The predicted molar refractivity (Wildman–Crippen MR) is 78.2 cm³/mol. The molecule has 0 amide bonds. The van der Waals surface area contributed by atoms with Crippen LogP contribution in [-0.4, -0.2) is 43.1 Å². The minimum atomic E-state index is 1.08. The number of likely N-dealkylation sites (N-methyl/N-ethyl adjacent to an activating group) is 1. The maximum atomic E-state index is 4.22. The molecule has 1 aromatic carbocycles. The van der Waals surface area contributed by atoms with Crippen LogP contribution in [0, 0.1) is 6.07 Å². The second-order valence-corrected chi connectivity index (χ2v) is 4.98. The van der Waals surface area contributed by atoms with Gasteiger partial charge in [-0.05, 0) is 31.3 Å². The van der Waals surface area contributed by atoms with Gasteiger partial charge in [-0.15, -0.1) is 0 Å². The van der Waals surface area contributed by atoms with Crippen molar-refractivity contribution in [2.24, 2.45) is 0 Å². The van der Waals surface area contributed by atoms with E-state index in [-0.39, 0.29) is 0 Å². The molecule has 0 N–H and O–H groups in total. The van der Waals surface area contributed by atoms with Crippen molar-refractivity contribution in [2.45, 2.75) is 0 Å². The van der Waals surface area contributed by atoms with Gasteiger partial charge in [0.25, 0.3) is 0 Å². The summed E-state index contributed by atoms with van der Waals surface area (Å²) in [7, 11) is 2.18. The number of hydrogen-bond acceptors (Lipinski definition) is 3. The maximum absolute atomic E-state index is 4.22. The Labute approximate surface area is 114 Å². The summed E-state index contributed by atoms with van der Waals surface area (Å²) >= 11 is 0. The smallest absolute Gasteiger partial charge is 0.0447 e. The first-order valence-electron chi connectivity index (χ1n) is 6.68. The van der Waals surface area contributed by atoms with Gasteiger partial charge in [0, 0.05) is 55.4 Å². The van der Waals surface area contributed by atoms with Crippen LogP contribution in [0.2, 0.25) is 0 Å². The van der Waals surface area contributed by atoms with E-state index in [2.05, 4.69) is 46.1 Å². The minimum Gasteiger partial charge on any atom is -0.368 e. The Kier molecular flexibility index (Phi) is 3.47. The molecule has 1 aromatic heterocycles. The van der Waals surface area contributed by atoms with Gasteiger partial charge in [-0.3, -0.25) is 4.98 Å². The Morgan fingerprint density at radius 1 is 1.16 bits per heavy atom. The fourth-order valence-electron chi connectivity index (χ4n) is 2.50. The molecule has 0 unspecified atom stereocenters. The summed E-state index contributed by atoms with van der Waals surface area (Å²) in [5.41, 5.74) is 3.67. The molecule has 3 nitrogen and oxygen atoms in total. The normalized spacial score (nSPS) is 16.6. The zero-order valence-electron chi connectivity index (χ0n) is 11.2. The fraction of sp³-hybridized carbons (Fsp3) is 0.312. The van der Waals surface area contributed by atoms with E-state index in [4.69, 9.17) is 0 Å². The van der Waals surface area contributed by atoms with Crippen molar-refractivity contribution in [2.75, 3.05) is 38.1 Å². The van der Waals surface area contributed by atoms with Gasteiger partial charge in [0.05, 0.1) is 0 Å². The number of benzene rings is 1. The SMILES string of the molecule is CN1CCN(c2cc[c]cc2-c2cccnc2)CC1. The van der Waals surface area contributed by atoms with Crippen molar-refractivity contribution in [3.63, 3.8) is 0 Å². The van der Waals surface area contributed by atoms with Crippen LogP contribution in [0.4, 0.5) is 5.69 Å². The van der Waals surface area contributed by atoms with E-state index in [0.717, 1.165) is 31.7 Å². The molecule has 3 rings (SSSR count). The number of pyridine rings is 1. The first-order chi connectivity index (χ1) is 9.34. The third kappa shape index (κ3) is 2.61. The Bertz CT molecular complexity index is 531. The average molecular weight is 252 g/mol. The number of aromatic nitrogens is 1. The van der Waals surface area contributed by atoms with E-state index in [0.29, 0.717) is 0 Å². The van der Waals surface area contributed by atoms with Crippen molar-refractivity contribution < 1.29 is 0 Å². The molecule has 1 radical (unpaired) electrons. The first-order valence-corrected chi connectivity index (χ1v) is 6.68. The standard InChI is InChI=1S/C16H18N3/c1-18-9-11-19(12-10-18)16-7-3-2-6-15(16)14-5-4-8-17-13-14/h3-8,13H,9-12H2,1H3. The molecule has 1 saturated heterocycles. The lowest BCUT2D eigenvalue weighted by Gasteiger charge is -2.35. The van der Waals surface area contributed by atoms with E-state index in [1.807, 2.05) is 24.5 Å². The summed E-state index contributed by atoms with van der Waals surface area (Å²) in [4.78, 5) is 9.04. The van der Waals surface area contributed by atoms with Gasteiger partial charge in [-0.2, -0.15) is 0 Å². The monoisotopic (exact) mass is 252 g/mol. The number of anilines is 1. The summed E-state index contributed by atoms with van der Waals surface area (Å²) in [5.74, 6) is 0. The molecule has 97 valence electrons. The van der Waals surface area contributed by atoms with E-state index in [9.17, 15) is 0 Å². The van der Waals surface area contributed by atoms with Gasteiger partial charge in [-0.1, -0.05) is 12.1 Å². The second kappa shape index (κ2) is 5.41. The molecule has 0 bridgehead atoms. The highest BCUT2D eigenvalue weighted by Crippen LogP contribution is 2.30. The third-order valence-electron chi connectivity index (χ3n) is 3.66. The molecule has 19 heavy (non-hydrogen) atoms. The van der Waals surface area contributed by atoms with Crippen molar-refractivity contribution >= 4 is 5.69 Å². The van der Waals surface area contributed by atoms with Crippen molar-refractivity contribution in [3.05, 3.63) is 48.8 Å². The minimum absolute atomic E-state index is 1.08. The quantitative estimate of drug-likeness (QED) is 0.817.